The molecule has 1 aliphatic heterocycles. The Balaban J connectivity index is 2.06. The molecule has 2 rings (SSSR count). The monoisotopic (exact) mass is 553 g/mol. The number of carboxylic acids is 1. The van der Waals surface area contributed by atoms with Crippen LogP contribution in [0.2, 0.25) is 0 Å². The lowest BCUT2D eigenvalue weighted by Gasteiger charge is -2.25. The maximum Gasteiger partial charge on any atom is 0.326 e. The van der Waals surface area contributed by atoms with Crippen molar-refractivity contribution in [3.05, 3.63) is 22.3 Å². The van der Waals surface area contributed by atoms with Crippen LogP contribution in [-0.4, -0.2) is 66.9 Å². The van der Waals surface area contributed by atoms with Crippen molar-refractivity contribution in [3.63, 3.8) is 0 Å². The number of nitrogens with one attached hydrogen (secondary N) is 3. The summed E-state index contributed by atoms with van der Waals surface area (Å²) in [6.45, 7) is 13.2. The predicted octanol–water partition coefficient (Wildman–Crippen LogP) is 2.19. The van der Waals surface area contributed by atoms with E-state index in [9.17, 15) is 23.1 Å². The molecule has 2 atom stereocenters. The van der Waals surface area contributed by atoms with Crippen molar-refractivity contribution in [1.82, 2.24) is 14.9 Å². The number of aliphatic carboxylic acids is 1. The molecule has 0 spiro atoms. The largest absolute Gasteiger partial charge is 0.487 e. The van der Waals surface area contributed by atoms with E-state index >= 15 is 0 Å². The summed E-state index contributed by atoms with van der Waals surface area (Å²) < 4.78 is 34.1. The Morgan fingerprint density at radius 1 is 1.18 bits per heavy atom. The molecule has 0 bridgehead atoms. The van der Waals surface area contributed by atoms with E-state index in [0.29, 0.717) is 24.0 Å². The first kappa shape index (κ1) is 31.4. The van der Waals surface area contributed by atoms with Gasteiger partial charge in [0.1, 0.15) is 17.4 Å². The predicted molar refractivity (Wildman–Crippen MR) is 146 cm³/mol. The number of nitrogens with two attached hydrogens (primary N) is 1. The highest BCUT2D eigenvalue weighted by molar-refractivity contribution is 7.89. The zero-order valence-corrected chi connectivity index (χ0v) is 24.5. The van der Waals surface area contributed by atoms with Crippen LogP contribution < -0.4 is 21.1 Å². The first-order valence-electron chi connectivity index (χ1n) is 12.8. The van der Waals surface area contributed by atoms with Gasteiger partial charge in [0.25, 0.3) is 10.0 Å². The van der Waals surface area contributed by atoms with Crippen molar-refractivity contribution in [2.24, 2.45) is 11.7 Å². The highest BCUT2D eigenvalue weighted by Gasteiger charge is 2.38. The first-order chi connectivity index (χ1) is 17.4. The third-order valence-electron chi connectivity index (χ3n) is 6.86. The first-order valence-corrected chi connectivity index (χ1v) is 14.3. The van der Waals surface area contributed by atoms with Crippen molar-refractivity contribution < 1.29 is 27.9 Å². The molecule has 0 fully saturated rings. The number of ether oxygens (including phenoxy) is 1. The fourth-order valence-corrected chi connectivity index (χ4v) is 6.29. The molecule has 214 valence electrons. The van der Waals surface area contributed by atoms with Crippen molar-refractivity contribution in [3.8, 4) is 5.75 Å². The average Bonchev–Trinajstić information content (AvgIpc) is 3.13. The fraction of sp³-hybridized carbons (Fsp3) is 0.654. The number of hydrogen-bond donors (Lipinski definition) is 5. The van der Waals surface area contributed by atoms with E-state index in [2.05, 4.69) is 10.6 Å². The Morgan fingerprint density at radius 2 is 1.79 bits per heavy atom. The number of rotatable bonds is 11. The smallest absolute Gasteiger partial charge is 0.326 e. The lowest BCUT2D eigenvalue weighted by molar-refractivity contribution is -0.142. The highest BCUT2D eigenvalue weighted by atomic mass is 32.2. The molecule has 38 heavy (non-hydrogen) atoms. The standard InChI is InChI=1S/C26H43N5O6S/c1-14(2)12-19(27)23(32)30-20(24(33)34)10-9-11-29-25(28)31(8)38(35,36)22-16(4)15(3)21-18(17(22)5)13-26(6,7)37-21/h14,19-20H,9-13,27H2,1-8H3,(H2,28,29)(H,30,32)(H,33,34)/t19-,20-/m0/s1. The minimum Gasteiger partial charge on any atom is -0.487 e. The molecule has 0 unspecified atom stereocenters. The van der Waals surface area contributed by atoms with Crippen LogP contribution in [0.3, 0.4) is 0 Å². The number of carboxylic acid groups (broad SMARTS) is 1. The summed E-state index contributed by atoms with van der Waals surface area (Å²) in [5.74, 6) is -1.13. The zero-order valence-electron chi connectivity index (χ0n) is 23.7. The Hall–Kier alpha value is -2.86. The van der Waals surface area contributed by atoms with Crippen LogP contribution in [-0.2, 0) is 26.0 Å². The Bertz CT molecular complexity index is 1200. The Morgan fingerprint density at radius 3 is 2.34 bits per heavy atom. The SMILES string of the molecule is Cc1c(C)c(S(=O)(=O)N(C)C(=N)NCCC[C@H](NC(=O)[C@@H](N)CC(C)C)C(=O)O)c(C)c2c1OC(C)(C)C2. The van der Waals surface area contributed by atoms with Gasteiger partial charge in [0.05, 0.1) is 10.9 Å². The molecule has 0 aliphatic carbocycles. The third-order valence-corrected chi connectivity index (χ3v) is 8.90. The topological polar surface area (TPSA) is 175 Å². The molecular weight excluding hydrogens is 510 g/mol. The molecule has 0 saturated heterocycles. The van der Waals surface area contributed by atoms with Crippen molar-refractivity contribution in [2.45, 2.75) is 96.7 Å². The van der Waals surface area contributed by atoms with Crippen LogP contribution in [0.4, 0.5) is 0 Å². The van der Waals surface area contributed by atoms with Gasteiger partial charge in [-0.3, -0.25) is 10.2 Å². The van der Waals surface area contributed by atoms with Crippen LogP contribution in [0.25, 0.3) is 0 Å². The molecule has 1 amide bonds. The summed E-state index contributed by atoms with van der Waals surface area (Å²) >= 11 is 0. The number of guanidine groups is 1. The zero-order chi connectivity index (χ0) is 29.2. The number of amides is 1. The molecular formula is C26H43N5O6S. The quantitative estimate of drug-likeness (QED) is 0.157. The molecule has 0 saturated carbocycles. The number of benzene rings is 1. The van der Waals surface area contributed by atoms with Gasteiger partial charge in [0.2, 0.25) is 11.9 Å². The van der Waals surface area contributed by atoms with Crippen molar-refractivity contribution >= 4 is 27.9 Å². The van der Waals surface area contributed by atoms with E-state index in [-0.39, 0.29) is 36.2 Å². The molecule has 0 aromatic heterocycles. The summed E-state index contributed by atoms with van der Waals surface area (Å²) in [5.41, 5.74) is 8.23. The van der Waals surface area contributed by atoms with Crippen LogP contribution in [0, 0.1) is 32.1 Å². The maximum absolute atomic E-state index is 13.6. The van der Waals surface area contributed by atoms with Gasteiger partial charge in [-0.05, 0) is 76.5 Å². The lowest BCUT2D eigenvalue weighted by Crippen LogP contribution is -2.49. The van der Waals surface area contributed by atoms with Crippen LogP contribution in [0.5, 0.6) is 5.75 Å². The number of sulfonamides is 1. The lowest BCUT2D eigenvalue weighted by atomic mass is 9.94. The van der Waals surface area contributed by atoms with Gasteiger partial charge in [0, 0.05) is 25.6 Å². The van der Waals surface area contributed by atoms with Crippen LogP contribution in [0.1, 0.15) is 69.2 Å². The number of hydrogen-bond acceptors (Lipinski definition) is 7. The summed E-state index contributed by atoms with van der Waals surface area (Å²) in [5, 5.41) is 23.0. The highest BCUT2D eigenvalue weighted by Crippen LogP contribution is 2.44. The molecule has 1 aromatic rings. The molecule has 12 heteroatoms. The van der Waals surface area contributed by atoms with E-state index in [1.165, 1.54) is 7.05 Å². The van der Waals surface area contributed by atoms with Gasteiger partial charge in [-0.25, -0.2) is 17.5 Å². The summed E-state index contributed by atoms with van der Waals surface area (Å²) in [6.07, 6.45) is 1.38. The minimum atomic E-state index is -4.06. The normalized spacial score (nSPS) is 15.8. The number of carbonyl (C=O) groups excluding carboxylic acids is 1. The van der Waals surface area contributed by atoms with E-state index in [1.54, 1.807) is 13.8 Å². The molecule has 1 heterocycles. The van der Waals surface area contributed by atoms with Gasteiger partial charge in [-0.1, -0.05) is 13.8 Å². The van der Waals surface area contributed by atoms with E-state index in [1.807, 2.05) is 34.6 Å². The summed E-state index contributed by atoms with van der Waals surface area (Å²) in [6, 6.07) is -1.93. The summed E-state index contributed by atoms with van der Waals surface area (Å²) in [4.78, 5) is 24.0. The Kier molecular flexibility index (Phi) is 9.82. The Labute approximate surface area is 226 Å². The van der Waals surface area contributed by atoms with Crippen LogP contribution in [0.15, 0.2) is 4.90 Å². The maximum atomic E-state index is 13.6. The van der Waals surface area contributed by atoms with Crippen LogP contribution >= 0.6 is 0 Å². The van der Waals surface area contributed by atoms with Crippen molar-refractivity contribution in [1.29, 1.82) is 5.41 Å². The van der Waals surface area contributed by atoms with E-state index in [4.69, 9.17) is 15.9 Å². The second-order valence-electron chi connectivity index (χ2n) is 11.1. The summed E-state index contributed by atoms with van der Waals surface area (Å²) in [7, 11) is -2.75. The molecule has 1 aromatic carbocycles. The number of nitrogens with zero attached hydrogens (tertiary/aromatic N) is 1. The molecule has 1 aliphatic rings. The third kappa shape index (κ3) is 6.96. The number of carbonyl (C=O) groups is 2. The van der Waals surface area contributed by atoms with Crippen molar-refractivity contribution in [2.75, 3.05) is 13.6 Å². The van der Waals surface area contributed by atoms with E-state index in [0.717, 1.165) is 21.2 Å². The van der Waals surface area contributed by atoms with Gasteiger partial charge in [0.15, 0.2) is 0 Å². The second-order valence-corrected chi connectivity index (χ2v) is 13.0. The minimum absolute atomic E-state index is 0.0875. The molecule has 6 N–H and O–H groups in total. The molecule has 0 radical (unpaired) electrons. The van der Waals surface area contributed by atoms with E-state index < -0.39 is 39.6 Å². The fourth-order valence-electron chi connectivity index (χ4n) is 4.66. The van der Waals surface area contributed by atoms with Gasteiger partial charge < -0.3 is 26.2 Å². The average molecular weight is 554 g/mol. The van der Waals surface area contributed by atoms with Gasteiger partial charge in [-0.2, -0.15) is 0 Å². The second kappa shape index (κ2) is 11.9. The number of fused-ring (bicyclic) bond motifs is 1. The molecule has 11 nitrogen and oxygen atoms in total. The van der Waals surface area contributed by atoms with Gasteiger partial charge in [-0.15, -0.1) is 0 Å². The van der Waals surface area contributed by atoms with Gasteiger partial charge >= 0.3 is 5.97 Å².